The van der Waals surface area contributed by atoms with Crippen molar-refractivity contribution in [2.24, 2.45) is 0 Å². The number of ether oxygens (including phenoxy) is 1. The fraction of sp³-hybridized carbons (Fsp3) is 0.412. The van der Waals surface area contributed by atoms with E-state index in [1.807, 2.05) is 29.1 Å². The van der Waals surface area contributed by atoms with Gasteiger partial charge in [-0.1, -0.05) is 26.0 Å². The van der Waals surface area contributed by atoms with Gasteiger partial charge in [-0.15, -0.1) is 0 Å². The number of para-hydroxylation sites is 1. The van der Waals surface area contributed by atoms with E-state index in [1.54, 1.807) is 19.2 Å². The average molecular weight is 286 g/mol. The van der Waals surface area contributed by atoms with E-state index in [9.17, 15) is 4.79 Å². The predicted octanol–water partition coefficient (Wildman–Crippen LogP) is 3.68. The normalized spacial score (nSPS) is 10.9. The van der Waals surface area contributed by atoms with Crippen LogP contribution < -0.4 is 4.74 Å². The molecule has 1 aromatic heterocycles. The van der Waals surface area contributed by atoms with Crippen molar-refractivity contribution in [3.63, 3.8) is 0 Å². The molecular formula is C17H22N2O2. The molecule has 0 unspecified atom stereocenters. The Balaban J connectivity index is 2.13. The summed E-state index contributed by atoms with van der Waals surface area (Å²) in [6, 6.07) is 9.62. The highest BCUT2D eigenvalue weighted by atomic mass is 16.5. The summed E-state index contributed by atoms with van der Waals surface area (Å²) in [6.07, 6.45) is 4.34. The van der Waals surface area contributed by atoms with Crippen molar-refractivity contribution in [2.45, 2.75) is 39.2 Å². The molecule has 4 nitrogen and oxygen atoms in total. The van der Waals surface area contributed by atoms with Crippen LogP contribution in [-0.4, -0.2) is 22.7 Å². The van der Waals surface area contributed by atoms with Crippen LogP contribution >= 0.6 is 0 Å². The Kier molecular flexibility index (Phi) is 5.14. The van der Waals surface area contributed by atoms with Crippen LogP contribution in [0.1, 0.15) is 48.8 Å². The van der Waals surface area contributed by atoms with Gasteiger partial charge in [-0.2, -0.15) is 5.10 Å². The molecule has 112 valence electrons. The van der Waals surface area contributed by atoms with Gasteiger partial charge in [-0.3, -0.25) is 9.48 Å². The molecule has 0 amide bonds. The van der Waals surface area contributed by atoms with E-state index in [1.165, 1.54) is 0 Å². The fourth-order valence-corrected chi connectivity index (χ4v) is 2.47. The molecule has 21 heavy (non-hydrogen) atoms. The van der Waals surface area contributed by atoms with E-state index in [2.05, 4.69) is 18.9 Å². The molecule has 2 aromatic rings. The SMILES string of the molecule is CCC(CC)n1ccc(CC(=O)c2ccccc2OC)n1. The van der Waals surface area contributed by atoms with E-state index >= 15 is 0 Å². The first kappa shape index (κ1) is 15.3. The number of ketones is 1. The summed E-state index contributed by atoms with van der Waals surface area (Å²) in [4.78, 5) is 12.4. The first-order valence-corrected chi connectivity index (χ1v) is 7.39. The molecule has 1 heterocycles. The standard InChI is InChI=1S/C17H22N2O2/c1-4-14(5-2)19-11-10-13(18-19)12-16(20)15-8-6-7-9-17(15)21-3/h6-11,14H,4-5,12H2,1-3H3. The minimum absolute atomic E-state index is 0.0299. The molecular weight excluding hydrogens is 264 g/mol. The second-order valence-corrected chi connectivity index (χ2v) is 5.06. The van der Waals surface area contributed by atoms with Gasteiger partial charge in [-0.25, -0.2) is 0 Å². The van der Waals surface area contributed by atoms with Crippen molar-refractivity contribution >= 4 is 5.78 Å². The number of methoxy groups -OCH3 is 1. The summed E-state index contributed by atoms with van der Waals surface area (Å²) < 4.78 is 7.20. The van der Waals surface area contributed by atoms with Gasteiger partial charge in [-0.05, 0) is 31.0 Å². The summed E-state index contributed by atoms with van der Waals surface area (Å²) in [5, 5.41) is 4.53. The van der Waals surface area contributed by atoms with Crippen molar-refractivity contribution < 1.29 is 9.53 Å². The van der Waals surface area contributed by atoms with Gasteiger partial charge >= 0.3 is 0 Å². The maximum atomic E-state index is 12.4. The zero-order valence-electron chi connectivity index (χ0n) is 12.9. The van der Waals surface area contributed by atoms with E-state index < -0.39 is 0 Å². The van der Waals surface area contributed by atoms with Crippen LogP contribution in [0.25, 0.3) is 0 Å². The minimum Gasteiger partial charge on any atom is -0.496 e. The van der Waals surface area contributed by atoms with Crippen LogP contribution in [0, 0.1) is 0 Å². The molecule has 0 atom stereocenters. The van der Waals surface area contributed by atoms with E-state index in [-0.39, 0.29) is 5.78 Å². The van der Waals surface area contributed by atoms with Gasteiger partial charge in [0.05, 0.1) is 30.8 Å². The van der Waals surface area contributed by atoms with Crippen molar-refractivity contribution in [1.29, 1.82) is 0 Å². The number of nitrogens with zero attached hydrogens (tertiary/aromatic N) is 2. The third-order valence-corrected chi connectivity index (χ3v) is 3.73. The Bertz CT molecular complexity index is 600. The maximum absolute atomic E-state index is 12.4. The number of carbonyl (C=O) groups is 1. The highest BCUT2D eigenvalue weighted by Gasteiger charge is 2.15. The molecule has 4 heteroatoms. The number of aromatic nitrogens is 2. The number of carbonyl (C=O) groups excluding carboxylic acids is 1. The first-order chi connectivity index (χ1) is 10.2. The van der Waals surface area contributed by atoms with Gasteiger partial charge in [0.2, 0.25) is 0 Å². The average Bonchev–Trinajstić information content (AvgIpc) is 2.96. The molecule has 0 bridgehead atoms. The van der Waals surface area contributed by atoms with E-state index in [0.29, 0.717) is 23.8 Å². The van der Waals surface area contributed by atoms with Crippen LogP contribution in [0.2, 0.25) is 0 Å². The Morgan fingerprint density at radius 3 is 2.62 bits per heavy atom. The Morgan fingerprint density at radius 1 is 1.24 bits per heavy atom. The van der Waals surface area contributed by atoms with Crippen molar-refractivity contribution in [1.82, 2.24) is 9.78 Å². The quantitative estimate of drug-likeness (QED) is 0.729. The topological polar surface area (TPSA) is 44.1 Å². The van der Waals surface area contributed by atoms with E-state index in [4.69, 9.17) is 4.74 Å². The molecule has 0 aliphatic rings. The van der Waals surface area contributed by atoms with Crippen molar-refractivity contribution in [3.05, 3.63) is 47.8 Å². The van der Waals surface area contributed by atoms with Crippen LogP contribution in [0.15, 0.2) is 36.5 Å². The van der Waals surface area contributed by atoms with E-state index in [0.717, 1.165) is 18.5 Å². The highest BCUT2D eigenvalue weighted by Crippen LogP contribution is 2.20. The summed E-state index contributed by atoms with van der Waals surface area (Å²) in [5.74, 6) is 0.643. The Labute approximate surface area is 125 Å². The smallest absolute Gasteiger partial charge is 0.172 e. The summed E-state index contributed by atoms with van der Waals surface area (Å²) >= 11 is 0. The summed E-state index contributed by atoms with van der Waals surface area (Å²) in [5.41, 5.74) is 1.41. The molecule has 0 fully saturated rings. The van der Waals surface area contributed by atoms with Crippen LogP contribution in [0.5, 0.6) is 5.75 Å². The molecule has 0 saturated heterocycles. The van der Waals surface area contributed by atoms with Crippen LogP contribution in [-0.2, 0) is 6.42 Å². The monoisotopic (exact) mass is 286 g/mol. The van der Waals surface area contributed by atoms with Crippen LogP contribution in [0.3, 0.4) is 0 Å². The lowest BCUT2D eigenvalue weighted by Crippen LogP contribution is -2.10. The second-order valence-electron chi connectivity index (χ2n) is 5.06. The van der Waals surface area contributed by atoms with Crippen LogP contribution in [0.4, 0.5) is 0 Å². The number of hydrogen-bond donors (Lipinski definition) is 0. The highest BCUT2D eigenvalue weighted by molar-refractivity contribution is 5.99. The molecule has 0 aliphatic carbocycles. The predicted molar refractivity (Wildman–Crippen MR) is 82.9 cm³/mol. The second kappa shape index (κ2) is 7.07. The van der Waals surface area contributed by atoms with Gasteiger partial charge in [0, 0.05) is 6.20 Å². The lowest BCUT2D eigenvalue weighted by Gasteiger charge is -2.12. The molecule has 1 aromatic carbocycles. The van der Waals surface area contributed by atoms with Gasteiger partial charge in [0.1, 0.15) is 5.75 Å². The fourth-order valence-electron chi connectivity index (χ4n) is 2.47. The molecule has 0 aliphatic heterocycles. The lowest BCUT2D eigenvalue weighted by molar-refractivity contribution is 0.0988. The molecule has 0 N–H and O–H groups in total. The summed E-state index contributed by atoms with van der Waals surface area (Å²) in [6.45, 7) is 4.30. The molecule has 0 spiro atoms. The van der Waals surface area contributed by atoms with Crippen molar-refractivity contribution in [3.8, 4) is 5.75 Å². The lowest BCUT2D eigenvalue weighted by atomic mass is 10.1. The third kappa shape index (κ3) is 3.51. The Morgan fingerprint density at radius 2 is 1.95 bits per heavy atom. The molecule has 2 rings (SSSR count). The molecule has 0 radical (unpaired) electrons. The zero-order chi connectivity index (χ0) is 15.2. The number of hydrogen-bond acceptors (Lipinski definition) is 3. The van der Waals surface area contributed by atoms with Gasteiger partial charge < -0.3 is 4.74 Å². The zero-order valence-corrected chi connectivity index (χ0v) is 12.9. The first-order valence-electron chi connectivity index (χ1n) is 7.39. The largest absolute Gasteiger partial charge is 0.496 e. The molecule has 0 saturated carbocycles. The minimum atomic E-state index is 0.0299. The number of Topliss-reactive ketones (excluding diaryl/α,β-unsaturated/α-hetero) is 1. The third-order valence-electron chi connectivity index (χ3n) is 3.73. The Hall–Kier alpha value is -2.10. The van der Waals surface area contributed by atoms with Gasteiger partial charge in [0.25, 0.3) is 0 Å². The summed E-state index contributed by atoms with van der Waals surface area (Å²) in [7, 11) is 1.58. The number of benzene rings is 1. The van der Waals surface area contributed by atoms with Crippen molar-refractivity contribution in [2.75, 3.05) is 7.11 Å². The maximum Gasteiger partial charge on any atom is 0.172 e. The number of rotatable bonds is 7. The van der Waals surface area contributed by atoms with Gasteiger partial charge in [0.15, 0.2) is 5.78 Å².